The highest BCUT2D eigenvalue weighted by Gasteiger charge is 2.40. The molecule has 6 nitrogen and oxygen atoms in total. The van der Waals surface area contributed by atoms with Gasteiger partial charge in [0.2, 0.25) is 11.7 Å². The zero-order valence-corrected chi connectivity index (χ0v) is 18.8. The molecule has 1 aromatic carbocycles. The van der Waals surface area contributed by atoms with Gasteiger partial charge in [-0.3, -0.25) is 9.59 Å². The summed E-state index contributed by atoms with van der Waals surface area (Å²) in [5, 5.41) is 13.7. The maximum absolute atomic E-state index is 13.4. The number of hydrogen-bond donors (Lipinski definition) is 1. The highest BCUT2D eigenvalue weighted by atomic mass is 32.1. The maximum Gasteiger partial charge on any atom is 0.239 e. The van der Waals surface area contributed by atoms with Crippen molar-refractivity contribution in [2.75, 3.05) is 26.2 Å². The van der Waals surface area contributed by atoms with Gasteiger partial charge in [0.15, 0.2) is 0 Å². The van der Waals surface area contributed by atoms with Gasteiger partial charge in [-0.15, -0.1) is 11.3 Å². The number of benzene rings is 1. The number of aryl methyl sites for hydroxylation is 2. The number of rotatable bonds is 9. The van der Waals surface area contributed by atoms with Crippen LogP contribution in [0.5, 0.6) is 0 Å². The van der Waals surface area contributed by atoms with Crippen LogP contribution in [0.15, 0.2) is 41.7 Å². The lowest BCUT2D eigenvalue weighted by Crippen LogP contribution is -3.11. The first-order valence-corrected chi connectivity index (χ1v) is 11.3. The predicted molar refractivity (Wildman–Crippen MR) is 115 cm³/mol. The van der Waals surface area contributed by atoms with Crippen LogP contribution >= 0.6 is 11.3 Å². The molecule has 0 bridgehead atoms. The van der Waals surface area contributed by atoms with Crippen molar-refractivity contribution in [2.45, 2.75) is 40.2 Å². The van der Waals surface area contributed by atoms with Gasteiger partial charge in [-0.2, -0.15) is 0 Å². The van der Waals surface area contributed by atoms with Crippen LogP contribution in [0.3, 0.4) is 0 Å². The molecular formula is C23H29N3O3S. The number of thiazole rings is 1. The molecule has 0 fully saturated rings. The first-order chi connectivity index (χ1) is 14.4. The van der Waals surface area contributed by atoms with E-state index in [1.165, 1.54) is 16.2 Å². The summed E-state index contributed by atoms with van der Waals surface area (Å²) in [6, 6.07) is 8.71. The van der Waals surface area contributed by atoms with E-state index < -0.39 is 17.7 Å². The summed E-state index contributed by atoms with van der Waals surface area (Å²) in [4.78, 5) is 34.1. The number of nitrogens with one attached hydrogen (secondary N) is 1. The molecular weight excluding hydrogens is 398 g/mol. The van der Waals surface area contributed by atoms with Gasteiger partial charge in [-0.05, 0) is 39.0 Å². The van der Waals surface area contributed by atoms with Gasteiger partial charge in [-0.25, -0.2) is 4.98 Å². The van der Waals surface area contributed by atoms with Gasteiger partial charge in [0.1, 0.15) is 0 Å². The number of aromatic nitrogens is 1. The summed E-state index contributed by atoms with van der Waals surface area (Å²) < 4.78 is 0. The summed E-state index contributed by atoms with van der Waals surface area (Å²) in [7, 11) is 0. The van der Waals surface area contributed by atoms with Crippen molar-refractivity contribution in [2.24, 2.45) is 0 Å². The number of ketones is 1. The predicted octanol–water partition coefficient (Wildman–Crippen LogP) is 1.46. The van der Waals surface area contributed by atoms with Crippen molar-refractivity contribution in [3.63, 3.8) is 0 Å². The van der Waals surface area contributed by atoms with E-state index >= 15 is 0 Å². The van der Waals surface area contributed by atoms with Crippen molar-refractivity contribution >= 4 is 23.0 Å². The molecule has 1 atom stereocenters. The van der Waals surface area contributed by atoms with Crippen LogP contribution in [0.2, 0.25) is 0 Å². The maximum atomic E-state index is 13.4. The van der Waals surface area contributed by atoms with Crippen LogP contribution in [0.4, 0.5) is 0 Å². The van der Waals surface area contributed by atoms with E-state index in [0.717, 1.165) is 36.6 Å². The smallest absolute Gasteiger partial charge is 0.239 e. The van der Waals surface area contributed by atoms with Crippen molar-refractivity contribution in [3.8, 4) is 0 Å². The zero-order chi connectivity index (χ0) is 21.8. The van der Waals surface area contributed by atoms with Gasteiger partial charge < -0.3 is 14.9 Å². The van der Waals surface area contributed by atoms with Crippen LogP contribution in [0, 0.1) is 13.8 Å². The van der Waals surface area contributed by atoms with E-state index in [-0.39, 0.29) is 11.4 Å². The quantitative estimate of drug-likeness (QED) is 0.615. The lowest BCUT2D eigenvalue weighted by Gasteiger charge is -2.28. The molecule has 2 heterocycles. The van der Waals surface area contributed by atoms with Crippen molar-refractivity contribution in [1.29, 1.82) is 0 Å². The van der Waals surface area contributed by atoms with E-state index in [1.54, 1.807) is 11.8 Å². The van der Waals surface area contributed by atoms with E-state index in [2.05, 4.69) is 18.8 Å². The van der Waals surface area contributed by atoms with Gasteiger partial charge in [-0.1, -0.05) is 30.3 Å². The summed E-state index contributed by atoms with van der Waals surface area (Å²) in [5.41, 5.74) is 1.44. The molecule has 1 N–H and O–H groups in total. The number of nitrogens with zero attached hydrogens (tertiary/aromatic N) is 2. The lowest BCUT2D eigenvalue weighted by molar-refractivity contribution is -0.896. The standard InChI is InChI=1S/C23H29N3O3S/c1-5-25(6-2)13-10-14-26-19(17-11-8-7-9-12-17)18(21(28)23(26)29)20(27)22-15(3)24-16(4)30-22/h7-9,11-12,19,28H,5-6,10,13-14H2,1-4H3. The molecule has 30 heavy (non-hydrogen) atoms. The normalized spacial score (nSPS) is 16.8. The van der Waals surface area contributed by atoms with Gasteiger partial charge >= 0.3 is 0 Å². The molecule has 0 spiro atoms. The Morgan fingerprint density at radius 3 is 2.43 bits per heavy atom. The fourth-order valence-electron chi connectivity index (χ4n) is 4.05. The van der Waals surface area contributed by atoms with Crippen molar-refractivity contribution in [3.05, 3.63) is 62.8 Å². The SMILES string of the molecule is CC[NH+](CC)CCCN1C(=O)C([O-])=C(C(=O)c2sc(C)nc2C)C1c1ccccc1. The van der Waals surface area contributed by atoms with E-state index in [4.69, 9.17) is 0 Å². The van der Waals surface area contributed by atoms with Crippen molar-refractivity contribution < 1.29 is 19.6 Å². The number of carbonyl (C=O) groups excluding carboxylic acids is 2. The summed E-state index contributed by atoms with van der Waals surface area (Å²) in [5.74, 6) is -1.64. The molecule has 0 aliphatic carbocycles. The Bertz CT molecular complexity index is 948. The molecule has 7 heteroatoms. The average molecular weight is 428 g/mol. The molecule has 1 amide bonds. The summed E-state index contributed by atoms with van der Waals surface area (Å²) in [6.45, 7) is 11.3. The van der Waals surface area contributed by atoms with E-state index in [9.17, 15) is 14.7 Å². The minimum absolute atomic E-state index is 0.0492. The highest BCUT2D eigenvalue weighted by molar-refractivity contribution is 7.14. The fourth-order valence-corrected chi connectivity index (χ4v) is 4.92. The molecule has 2 aromatic rings. The lowest BCUT2D eigenvalue weighted by atomic mass is 9.95. The second kappa shape index (κ2) is 9.53. The third-order valence-corrected chi connectivity index (χ3v) is 6.76. The third kappa shape index (κ3) is 4.32. The average Bonchev–Trinajstić information content (AvgIpc) is 3.21. The fraction of sp³-hybridized carbons (Fsp3) is 0.435. The molecule has 0 radical (unpaired) electrons. The third-order valence-electron chi connectivity index (χ3n) is 5.68. The Balaban J connectivity index is 1.95. The Hall–Kier alpha value is -2.51. The number of amides is 1. The molecule has 1 unspecified atom stereocenters. The van der Waals surface area contributed by atoms with E-state index in [0.29, 0.717) is 17.1 Å². The summed E-state index contributed by atoms with van der Waals surface area (Å²) in [6.07, 6.45) is 0.777. The highest BCUT2D eigenvalue weighted by Crippen LogP contribution is 2.39. The largest absolute Gasteiger partial charge is 0.868 e. The Morgan fingerprint density at radius 2 is 1.87 bits per heavy atom. The molecule has 1 aromatic heterocycles. The monoisotopic (exact) mass is 427 g/mol. The van der Waals surface area contributed by atoms with Crippen LogP contribution < -0.4 is 10.0 Å². The molecule has 0 saturated carbocycles. The van der Waals surface area contributed by atoms with Crippen LogP contribution in [0.25, 0.3) is 0 Å². The second-order valence-corrected chi connectivity index (χ2v) is 8.79. The minimum atomic E-state index is -0.686. The Kier molecular flexibility index (Phi) is 7.05. The minimum Gasteiger partial charge on any atom is -0.868 e. The van der Waals surface area contributed by atoms with Crippen molar-refractivity contribution in [1.82, 2.24) is 9.88 Å². The van der Waals surface area contributed by atoms with Gasteiger partial charge in [0, 0.05) is 18.5 Å². The molecule has 3 rings (SSSR count). The Morgan fingerprint density at radius 1 is 1.20 bits per heavy atom. The van der Waals surface area contributed by atoms with Crippen LogP contribution in [-0.2, 0) is 4.79 Å². The molecule has 160 valence electrons. The van der Waals surface area contributed by atoms with Crippen LogP contribution in [-0.4, -0.2) is 47.8 Å². The number of carbonyl (C=O) groups is 2. The Labute approximate surface area is 181 Å². The van der Waals surface area contributed by atoms with E-state index in [1.807, 2.05) is 37.3 Å². The second-order valence-electron chi connectivity index (χ2n) is 7.59. The van der Waals surface area contributed by atoms with Gasteiger partial charge in [0.25, 0.3) is 0 Å². The van der Waals surface area contributed by atoms with Gasteiger partial charge in [0.05, 0.1) is 41.3 Å². The first-order valence-electron chi connectivity index (χ1n) is 10.5. The number of hydrogen-bond acceptors (Lipinski definition) is 5. The number of Topliss-reactive ketones (excluding diaryl/α,β-unsaturated/α-hetero) is 1. The molecule has 1 aliphatic rings. The summed E-state index contributed by atoms with van der Waals surface area (Å²) >= 11 is 1.27. The topological polar surface area (TPSA) is 77.8 Å². The number of quaternary nitrogens is 1. The molecule has 0 saturated heterocycles. The zero-order valence-electron chi connectivity index (χ0n) is 18.0. The van der Waals surface area contributed by atoms with Crippen LogP contribution in [0.1, 0.15) is 52.2 Å². The molecule has 1 aliphatic heterocycles. The first kappa shape index (κ1) is 22.2.